The van der Waals surface area contributed by atoms with Gasteiger partial charge in [-0.05, 0) is 34.7 Å². The minimum Gasteiger partial charge on any atom is -0.382 e. The molecule has 6 heteroatoms. The molecule has 0 saturated heterocycles. The molecule has 3 N–H and O–H groups in total. The number of hydrogen-bond donors (Lipinski definition) is 2. The van der Waals surface area contributed by atoms with E-state index in [9.17, 15) is 0 Å². The Bertz CT molecular complexity index is 505. The molecular formula is C9H8IN5. The van der Waals surface area contributed by atoms with Crippen LogP contribution in [-0.2, 0) is 0 Å². The Balaban J connectivity index is 2.45. The molecular weight excluding hydrogens is 305 g/mol. The van der Waals surface area contributed by atoms with Crippen LogP contribution >= 0.6 is 22.6 Å². The predicted octanol–water partition coefficient (Wildman–Crippen LogP) is 1.16. The molecule has 2 aromatic heterocycles. The first-order valence-corrected chi connectivity index (χ1v) is 5.26. The molecule has 0 unspecified atom stereocenters. The number of aromatic nitrogens is 3. The Morgan fingerprint density at radius 3 is 2.87 bits per heavy atom. The van der Waals surface area contributed by atoms with Gasteiger partial charge in [-0.1, -0.05) is 6.07 Å². The first-order chi connectivity index (χ1) is 7.16. The summed E-state index contributed by atoms with van der Waals surface area (Å²) in [4.78, 5) is 4.20. The first-order valence-electron chi connectivity index (χ1n) is 4.19. The average Bonchev–Trinajstić information content (AvgIpc) is 2.65. The van der Waals surface area contributed by atoms with Crippen LogP contribution < -0.4 is 5.73 Å². The van der Waals surface area contributed by atoms with E-state index in [-0.39, 0.29) is 5.84 Å². The average molecular weight is 313 g/mol. The molecule has 0 atom stereocenters. The summed E-state index contributed by atoms with van der Waals surface area (Å²) in [5.74, 6) is 0.615. The lowest BCUT2D eigenvalue weighted by Gasteiger charge is -2.02. The van der Waals surface area contributed by atoms with E-state index < -0.39 is 0 Å². The van der Waals surface area contributed by atoms with Crippen LogP contribution in [0.25, 0.3) is 5.82 Å². The zero-order valence-corrected chi connectivity index (χ0v) is 9.84. The second-order valence-electron chi connectivity index (χ2n) is 2.90. The van der Waals surface area contributed by atoms with Crippen LogP contribution in [0.1, 0.15) is 5.69 Å². The number of pyridine rings is 1. The number of nitrogen functional groups attached to an aromatic ring is 1. The number of hydrogen-bond acceptors (Lipinski definition) is 3. The summed E-state index contributed by atoms with van der Waals surface area (Å²) < 4.78 is 2.68. The van der Waals surface area contributed by atoms with Crippen molar-refractivity contribution in [2.24, 2.45) is 5.73 Å². The van der Waals surface area contributed by atoms with Gasteiger partial charge in [-0.3, -0.25) is 5.41 Å². The number of nitrogens with zero attached hydrogens (tertiary/aromatic N) is 3. The van der Waals surface area contributed by atoms with Crippen LogP contribution in [-0.4, -0.2) is 20.6 Å². The third kappa shape index (κ3) is 2.14. The van der Waals surface area contributed by atoms with Gasteiger partial charge in [0.15, 0.2) is 5.82 Å². The van der Waals surface area contributed by atoms with Crippen LogP contribution in [0.2, 0.25) is 0 Å². The van der Waals surface area contributed by atoms with Gasteiger partial charge in [-0.15, -0.1) is 0 Å². The zero-order chi connectivity index (χ0) is 10.8. The highest BCUT2D eigenvalue weighted by Crippen LogP contribution is 2.08. The van der Waals surface area contributed by atoms with Crippen molar-refractivity contribution >= 4 is 28.4 Å². The van der Waals surface area contributed by atoms with Crippen molar-refractivity contribution in [1.29, 1.82) is 5.41 Å². The van der Waals surface area contributed by atoms with Crippen LogP contribution in [0.3, 0.4) is 0 Å². The minimum atomic E-state index is -0.0429. The Hall–Kier alpha value is -1.44. The molecule has 0 bridgehead atoms. The summed E-state index contributed by atoms with van der Waals surface area (Å²) in [5, 5.41) is 11.4. The SMILES string of the molecule is N=C(N)c1cccc(-n2cc(I)cn2)n1. The molecule has 0 aromatic carbocycles. The lowest BCUT2D eigenvalue weighted by atomic mass is 10.3. The maximum absolute atomic E-state index is 7.28. The number of nitrogens with two attached hydrogens (primary N) is 1. The molecule has 15 heavy (non-hydrogen) atoms. The quantitative estimate of drug-likeness (QED) is 0.496. The largest absolute Gasteiger partial charge is 0.382 e. The van der Waals surface area contributed by atoms with Gasteiger partial charge in [0.05, 0.1) is 9.77 Å². The molecule has 0 aliphatic carbocycles. The summed E-state index contributed by atoms with van der Waals surface area (Å²) in [6, 6.07) is 5.31. The fourth-order valence-corrected chi connectivity index (χ4v) is 1.52. The van der Waals surface area contributed by atoms with Gasteiger partial charge in [-0.25, -0.2) is 9.67 Å². The van der Waals surface area contributed by atoms with Crippen molar-refractivity contribution in [2.45, 2.75) is 0 Å². The number of amidine groups is 1. The van der Waals surface area contributed by atoms with E-state index in [1.807, 2.05) is 12.3 Å². The van der Waals surface area contributed by atoms with Crippen molar-refractivity contribution in [3.8, 4) is 5.82 Å². The maximum atomic E-state index is 7.28. The monoisotopic (exact) mass is 313 g/mol. The van der Waals surface area contributed by atoms with Crippen LogP contribution in [0.4, 0.5) is 0 Å². The van der Waals surface area contributed by atoms with Gasteiger partial charge in [0.2, 0.25) is 0 Å². The Morgan fingerprint density at radius 1 is 1.47 bits per heavy atom. The second kappa shape index (κ2) is 3.97. The summed E-state index contributed by atoms with van der Waals surface area (Å²) in [6.45, 7) is 0. The Morgan fingerprint density at radius 2 is 2.27 bits per heavy atom. The third-order valence-electron chi connectivity index (χ3n) is 1.80. The standard InChI is InChI=1S/C9H8IN5/c10-6-4-13-15(5-6)8-3-1-2-7(14-8)9(11)12/h1-5H,(H3,11,12). The predicted molar refractivity (Wildman–Crippen MR) is 65.1 cm³/mol. The van der Waals surface area contributed by atoms with Crippen molar-refractivity contribution < 1.29 is 0 Å². The van der Waals surface area contributed by atoms with Gasteiger partial charge in [0.25, 0.3) is 0 Å². The highest BCUT2D eigenvalue weighted by Gasteiger charge is 2.03. The fourth-order valence-electron chi connectivity index (χ4n) is 1.13. The van der Waals surface area contributed by atoms with Crippen molar-refractivity contribution in [2.75, 3.05) is 0 Å². The van der Waals surface area contributed by atoms with Crippen molar-refractivity contribution in [3.05, 3.63) is 39.9 Å². The molecule has 0 amide bonds. The lowest BCUT2D eigenvalue weighted by Crippen LogP contribution is -2.14. The molecule has 5 nitrogen and oxygen atoms in total. The van der Waals surface area contributed by atoms with Gasteiger partial charge >= 0.3 is 0 Å². The smallest absolute Gasteiger partial charge is 0.154 e. The molecule has 0 aliphatic rings. The van der Waals surface area contributed by atoms with Gasteiger partial charge in [-0.2, -0.15) is 5.10 Å². The number of rotatable bonds is 2. The maximum Gasteiger partial charge on any atom is 0.154 e. The van der Waals surface area contributed by atoms with E-state index in [0.717, 1.165) is 3.57 Å². The highest BCUT2D eigenvalue weighted by atomic mass is 127. The molecule has 0 spiro atoms. The highest BCUT2D eigenvalue weighted by molar-refractivity contribution is 14.1. The normalized spacial score (nSPS) is 10.2. The van der Waals surface area contributed by atoms with E-state index in [0.29, 0.717) is 11.5 Å². The second-order valence-corrected chi connectivity index (χ2v) is 4.14. The van der Waals surface area contributed by atoms with E-state index in [2.05, 4.69) is 32.7 Å². The van der Waals surface area contributed by atoms with Gasteiger partial charge < -0.3 is 5.73 Å². The van der Waals surface area contributed by atoms with E-state index >= 15 is 0 Å². The van der Waals surface area contributed by atoms with E-state index in [1.165, 1.54) is 0 Å². The molecule has 76 valence electrons. The molecule has 0 radical (unpaired) electrons. The summed E-state index contributed by atoms with van der Waals surface area (Å²) >= 11 is 2.17. The zero-order valence-electron chi connectivity index (χ0n) is 7.68. The molecule has 2 heterocycles. The molecule has 0 saturated carbocycles. The van der Waals surface area contributed by atoms with Crippen LogP contribution in [0.15, 0.2) is 30.6 Å². The first kappa shape index (κ1) is 10.1. The lowest BCUT2D eigenvalue weighted by molar-refractivity contribution is 0.845. The molecule has 2 rings (SSSR count). The number of halogens is 1. The Kier molecular flexibility index (Phi) is 2.67. The van der Waals surface area contributed by atoms with E-state index in [1.54, 1.807) is 23.0 Å². The van der Waals surface area contributed by atoms with Gasteiger partial charge in [0, 0.05) is 6.20 Å². The topological polar surface area (TPSA) is 80.6 Å². The molecule has 0 fully saturated rings. The van der Waals surface area contributed by atoms with Crippen LogP contribution in [0, 0.1) is 8.98 Å². The van der Waals surface area contributed by atoms with Crippen molar-refractivity contribution in [1.82, 2.24) is 14.8 Å². The minimum absolute atomic E-state index is 0.0429. The molecule has 2 aromatic rings. The summed E-state index contributed by atoms with van der Waals surface area (Å²) in [7, 11) is 0. The summed E-state index contributed by atoms with van der Waals surface area (Å²) in [5.41, 5.74) is 5.81. The van der Waals surface area contributed by atoms with Crippen LogP contribution in [0.5, 0.6) is 0 Å². The Labute approximate surface area is 100.0 Å². The van der Waals surface area contributed by atoms with E-state index in [4.69, 9.17) is 11.1 Å². The summed E-state index contributed by atoms with van der Waals surface area (Å²) in [6.07, 6.45) is 3.59. The molecule has 0 aliphatic heterocycles. The fraction of sp³-hybridized carbons (Fsp3) is 0. The van der Waals surface area contributed by atoms with Crippen molar-refractivity contribution in [3.63, 3.8) is 0 Å². The number of nitrogens with one attached hydrogen (secondary N) is 1. The third-order valence-corrected chi connectivity index (χ3v) is 2.35. The van der Waals surface area contributed by atoms with Gasteiger partial charge in [0.1, 0.15) is 11.5 Å².